The Morgan fingerprint density at radius 2 is 1.90 bits per heavy atom. The van der Waals surface area contributed by atoms with E-state index in [-0.39, 0.29) is 0 Å². The summed E-state index contributed by atoms with van der Waals surface area (Å²) in [6.07, 6.45) is 0. The molecule has 0 radical (unpaired) electrons. The molecule has 98 valence electrons. The smallest absolute Gasteiger partial charge is 0.140 e. The molecule has 0 N–H and O–H groups in total. The predicted octanol–water partition coefficient (Wildman–Crippen LogP) is 3.12. The van der Waals surface area contributed by atoms with Gasteiger partial charge in [0.15, 0.2) is 0 Å². The molecule has 0 aliphatic carbocycles. The number of fused-ring (bicyclic) bond motifs is 1. The molecule has 0 saturated carbocycles. The van der Waals surface area contributed by atoms with E-state index in [9.17, 15) is 0 Å². The second kappa shape index (κ2) is 4.71. The number of aryl methyl sites for hydroxylation is 1. The van der Waals surface area contributed by atoms with Crippen LogP contribution in [0.25, 0.3) is 22.4 Å². The molecule has 0 aliphatic heterocycles. The average Bonchev–Trinajstić information content (AvgIpc) is 2.84. The molecule has 0 fully saturated rings. The maximum Gasteiger partial charge on any atom is 0.140 e. The van der Waals surface area contributed by atoms with Gasteiger partial charge in [0.05, 0.1) is 29.8 Å². The number of benzene rings is 2. The fourth-order valence-electron chi connectivity index (χ4n) is 2.27. The second-order valence-corrected chi connectivity index (χ2v) is 4.54. The van der Waals surface area contributed by atoms with Gasteiger partial charge < -0.3 is 9.30 Å². The van der Waals surface area contributed by atoms with Crippen molar-refractivity contribution >= 4 is 11.0 Å². The lowest BCUT2D eigenvalue weighted by molar-refractivity contribution is 0.415. The number of nitriles is 1. The molecule has 0 atom stereocenters. The van der Waals surface area contributed by atoms with Gasteiger partial charge in [-0.2, -0.15) is 5.26 Å². The first kappa shape index (κ1) is 12.2. The van der Waals surface area contributed by atoms with Crippen LogP contribution in [0.1, 0.15) is 5.56 Å². The Hall–Kier alpha value is -2.80. The van der Waals surface area contributed by atoms with Crippen molar-refractivity contribution in [2.75, 3.05) is 7.11 Å². The van der Waals surface area contributed by atoms with E-state index in [1.165, 1.54) is 0 Å². The third kappa shape index (κ3) is 1.90. The molecule has 0 spiro atoms. The summed E-state index contributed by atoms with van der Waals surface area (Å²) in [5, 5.41) is 8.95. The third-order valence-electron chi connectivity index (χ3n) is 3.36. The largest absolute Gasteiger partial charge is 0.497 e. The Balaban J connectivity index is 2.15. The van der Waals surface area contributed by atoms with Gasteiger partial charge in [-0.15, -0.1) is 0 Å². The maximum atomic E-state index is 8.95. The highest BCUT2D eigenvalue weighted by atomic mass is 16.5. The Morgan fingerprint density at radius 3 is 2.55 bits per heavy atom. The van der Waals surface area contributed by atoms with E-state index in [1.54, 1.807) is 7.11 Å². The van der Waals surface area contributed by atoms with Crippen LogP contribution in [0, 0.1) is 11.3 Å². The molecule has 1 aromatic heterocycles. The van der Waals surface area contributed by atoms with Crippen LogP contribution in [0.2, 0.25) is 0 Å². The van der Waals surface area contributed by atoms with Gasteiger partial charge in [-0.25, -0.2) is 4.98 Å². The molecule has 0 aliphatic rings. The zero-order valence-corrected chi connectivity index (χ0v) is 11.3. The van der Waals surface area contributed by atoms with Crippen LogP contribution in [-0.4, -0.2) is 16.7 Å². The molecule has 3 aromatic rings. The number of aromatic nitrogens is 2. The Bertz CT molecular complexity index is 810. The minimum atomic E-state index is 0.622. The molecule has 0 unspecified atom stereocenters. The molecule has 1 heterocycles. The van der Waals surface area contributed by atoms with E-state index in [2.05, 4.69) is 11.1 Å². The summed E-state index contributed by atoms with van der Waals surface area (Å²) in [5.74, 6) is 1.69. The maximum absolute atomic E-state index is 8.95. The van der Waals surface area contributed by atoms with E-state index in [0.29, 0.717) is 5.56 Å². The number of hydrogen-bond acceptors (Lipinski definition) is 3. The molecule has 20 heavy (non-hydrogen) atoms. The van der Waals surface area contributed by atoms with E-state index >= 15 is 0 Å². The molecule has 3 rings (SSSR count). The van der Waals surface area contributed by atoms with Crippen LogP contribution in [0.15, 0.2) is 42.5 Å². The summed E-state index contributed by atoms with van der Waals surface area (Å²) >= 11 is 0. The number of imidazole rings is 1. The number of methoxy groups -OCH3 is 1. The fourth-order valence-corrected chi connectivity index (χ4v) is 2.27. The summed E-state index contributed by atoms with van der Waals surface area (Å²) in [6, 6.07) is 15.5. The molecular formula is C16H13N3O. The first-order chi connectivity index (χ1) is 9.72. The molecule has 4 heteroatoms. The van der Waals surface area contributed by atoms with E-state index in [1.807, 2.05) is 54.1 Å². The molecule has 0 saturated heterocycles. The van der Waals surface area contributed by atoms with Gasteiger partial charge in [0.25, 0.3) is 0 Å². The number of nitrogens with zero attached hydrogens (tertiary/aromatic N) is 3. The summed E-state index contributed by atoms with van der Waals surface area (Å²) in [4.78, 5) is 4.62. The third-order valence-corrected chi connectivity index (χ3v) is 3.36. The lowest BCUT2D eigenvalue weighted by Gasteiger charge is -2.04. The van der Waals surface area contributed by atoms with Crippen molar-refractivity contribution in [2.24, 2.45) is 7.05 Å². The van der Waals surface area contributed by atoms with Gasteiger partial charge in [-0.1, -0.05) is 0 Å². The van der Waals surface area contributed by atoms with Crippen molar-refractivity contribution in [3.05, 3.63) is 48.0 Å². The summed E-state index contributed by atoms with van der Waals surface area (Å²) < 4.78 is 7.19. The minimum Gasteiger partial charge on any atom is -0.497 e. The van der Waals surface area contributed by atoms with Gasteiger partial charge in [-0.05, 0) is 42.5 Å². The fraction of sp³-hybridized carbons (Fsp3) is 0.125. The van der Waals surface area contributed by atoms with E-state index in [4.69, 9.17) is 10.00 Å². The molecule has 0 amide bonds. The van der Waals surface area contributed by atoms with Crippen molar-refractivity contribution in [1.29, 1.82) is 5.26 Å². The first-order valence-electron chi connectivity index (χ1n) is 6.24. The Kier molecular flexibility index (Phi) is 2.88. The van der Waals surface area contributed by atoms with Gasteiger partial charge in [0.2, 0.25) is 0 Å². The summed E-state index contributed by atoms with van der Waals surface area (Å²) in [7, 11) is 3.62. The monoisotopic (exact) mass is 263 g/mol. The average molecular weight is 263 g/mol. The van der Waals surface area contributed by atoms with Crippen molar-refractivity contribution < 1.29 is 4.74 Å². The van der Waals surface area contributed by atoms with Crippen LogP contribution in [0.3, 0.4) is 0 Å². The second-order valence-electron chi connectivity index (χ2n) is 4.54. The van der Waals surface area contributed by atoms with Crippen LogP contribution < -0.4 is 4.74 Å². The Labute approximate surface area is 116 Å². The van der Waals surface area contributed by atoms with Crippen LogP contribution in [-0.2, 0) is 7.05 Å². The van der Waals surface area contributed by atoms with Gasteiger partial charge in [0.1, 0.15) is 11.6 Å². The highest BCUT2D eigenvalue weighted by Gasteiger charge is 2.10. The normalized spacial score (nSPS) is 10.4. The van der Waals surface area contributed by atoms with Crippen molar-refractivity contribution in [3.8, 4) is 23.2 Å². The summed E-state index contributed by atoms with van der Waals surface area (Å²) in [5.41, 5.74) is 3.48. The number of rotatable bonds is 2. The van der Waals surface area contributed by atoms with Crippen LogP contribution >= 0.6 is 0 Å². The SMILES string of the molecule is COc1ccc(-c2nc3cc(C#N)ccc3n2C)cc1. The lowest BCUT2D eigenvalue weighted by Crippen LogP contribution is -1.92. The minimum absolute atomic E-state index is 0.622. The quantitative estimate of drug-likeness (QED) is 0.713. The molecular weight excluding hydrogens is 250 g/mol. The van der Waals surface area contributed by atoms with E-state index < -0.39 is 0 Å². The standard InChI is InChI=1S/C16H13N3O/c1-19-15-8-3-11(10-17)9-14(15)18-16(19)12-4-6-13(20-2)7-5-12/h3-9H,1-2H3. The topological polar surface area (TPSA) is 50.8 Å². The highest BCUT2D eigenvalue weighted by molar-refractivity contribution is 5.81. The van der Waals surface area contributed by atoms with Crippen LogP contribution in [0.5, 0.6) is 5.75 Å². The summed E-state index contributed by atoms with van der Waals surface area (Å²) in [6.45, 7) is 0. The van der Waals surface area contributed by atoms with Crippen LogP contribution in [0.4, 0.5) is 0 Å². The zero-order valence-electron chi connectivity index (χ0n) is 11.3. The number of ether oxygens (including phenoxy) is 1. The van der Waals surface area contributed by atoms with Gasteiger partial charge in [-0.3, -0.25) is 0 Å². The first-order valence-corrected chi connectivity index (χ1v) is 6.24. The number of hydrogen-bond donors (Lipinski definition) is 0. The van der Waals surface area contributed by atoms with Gasteiger partial charge in [0, 0.05) is 12.6 Å². The zero-order chi connectivity index (χ0) is 14.1. The molecule has 2 aromatic carbocycles. The van der Waals surface area contributed by atoms with Gasteiger partial charge >= 0.3 is 0 Å². The molecule has 0 bridgehead atoms. The van der Waals surface area contributed by atoms with Crippen molar-refractivity contribution in [1.82, 2.24) is 9.55 Å². The highest BCUT2D eigenvalue weighted by Crippen LogP contribution is 2.25. The Morgan fingerprint density at radius 1 is 1.15 bits per heavy atom. The van der Waals surface area contributed by atoms with Crippen molar-refractivity contribution in [3.63, 3.8) is 0 Å². The predicted molar refractivity (Wildman–Crippen MR) is 77.4 cm³/mol. The molecule has 4 nitrogen and oxygen atoms in total. The van der Waals surface area contributed by atoms with E-state index in [0.717, 1.165) is 28.2 Å². The lowest BCUT2D eigenvalue weighted by atomic mass is 10.2. The van der Waals surface area contributed by atoms with Crippen molar-refractivity contribution in [2.45, 2.75) is 0 Å².